The van der Waals surface area contributed by atoms with E-state index >= 15 is 0 Å². The van der Waals surface area contributed by atoms with Gasteiger partial charge in [0.15, 0.2) is 0 Å². The highest BCUT2D eigenvalue weighted by Gasteiger charge is 2.35. The van der Waals surface area contributed by atoms with Gasteiger partial charge < -0.3 is 14.6 Å². The van der Waals surface area contributed by atoms with E-state index in [1.807, 2.05) is 12.1 Å². The second-order valence-corrected chi connectivity index (χ2v) is 8.11. The lowest BCUT2D eigenvalue weighted by Gasteiger charge is -2.22. The first-order valence-electron chi connectivity index (χ1n) is 9.38. The quantitative estimate of drug-likeness (QED) is 0.574. The van der Waals surface area contributed by atoms with Crippen molar-refractivity contribution in [1.82, 2.24) is 0 Å². The van der Waals surface area contributed by atoms with Gasteiger partial charge in [0.1, 0.15) is 12.3 Å². The molecule has 2 aromatic carbocycles. The van der Waals surface area contributed by atoms with Crippen LogP contribution in [0.5, 0.6) is 0 Å². The fourth-order valence-corrected chi connectivity index (χ4v) is 4.60. The van der Waals surface area contributed by atoms with Crippen LogP contribution in [0.25, 0.3) is 0 Å². The summed E-state index contributed by atoms with van der Waals surface area (Å²) in [7, 11) is 0. The molecule has 4 rings (SSSR count). The van der Waals surface area contributed by atoms with Crippen LogP contribution in [0, 0.1) is 0 Å². The third-order valence-corrected chi connectivity index (χ3v) is 6.04. The number of hydrogen-bond donors (Lipinski definition) is 1. The lowest BCUT2D eigenvalue weighted by molar-refractivity contribution is -0.137. The lowest BCUT2D eigenvalue weighted by Crippen LogP contribution is -2.38. The second kappa shape index (κ2) is 8.50. The molecule has 1 unspecified atom stereocenters. The van der Waals surface area contributed by atoms with Crippen LogP contribution < -0.4 is 10.2 Å². The zero-order valence-electron chi connectivity index (χ0n) is 16.1. The Bertz CT molecular complexity index is 1100. The van der Waals surface area contributed by atoms with Gasteiger partial charge in [0.05, 0.1) is 28.5 Å². The number of halogens is 3. The van der Waals surface area contributed by atoms with Crippen molar-refractivity contribution in [2.75, 3.05) is 16.8 Å². The van der Waals surface area contributed by atoms with E-state index in [0.29, 0.717) is 11.4 Å². The zero-order valence-corrected chi connectivity index (χ0v) is 16.9. The number of para-hydroxylation sites is 2. The Balaban J connectivity index is 1.58. The van der Waals surface area contributed by atoms with E-state index in [4.69, 9.17) is 4.42 Å². The maximum Gasteiger partial charge on any atom is 0.418 e. The molecular weight excluding hydrogens is 429 g/mol. The standard InChI is InChI=1S/C22H17F3N2O3S/c23-22(24,25)14-6-1-2-7-15(14)26-20(28)13-27-16-8-3-4-10-18(16)31-19(12-21(27)29)17-9-5-11-30-17/h1-11,19H,12-13H2,(H,26,28). The molecule has 3 aromatic rings. The van der Waals surface area contributed by atoms with Crippen molar-refractivity contribution in [3.05, 3.63) is 78.3 Å². The van der Waals surface area contributed by atoms with Crippen molar-refractivity contribution in [2.45, 2.75) is 22.7 Å². The molecule has 1 atom stereocenters. The van der Waals surface area contributed by atoms with Gasteiger partial charge in [-0.1, -0.05) is 24.3 Å². The van der Waals surface area contributed by atoms with Crippen molar-refractivity contribution in [2.24, 2.45) is 0 Å². The Hall–Kier alpha value is -3.20. The van der Waals surface area contributed by atoms with Gasteiger partial charge in [0.2, 0.25) is 11.8 Å². The topological polar surface area (TPSA) is 62.6 Å². The average molecular weight is 446 g/mol. The number of anilines is 2. The normalized spacial score (nSPS) is 16.5. The van der Waals surface area contributed by atoms with E-state index in [-0.39, 0.29) is 23.3 Å². The Morgan fingerprint density at radius 1 is 1.10 bits per heavy atom. The molecule has 0 fully saturated rings. The Labute approximate surface area is 180 Å². The van der Waals surface area contributed by atoms with Crippen molar-refractivity contribution in [3.8, 4) is 0 Å². The molecule has 2 heterocycles. The number of hydrogen-bond acceptors (Lipinski definition) is 4. The van der Waals surface area contributed by atoms with Crippen LogP contribution in [0.4, 0.5) is 24.5 Å². The molecule has 1 N–H and O–H groups in total. The molecule has 31 heavy (non-hydrogen) atoms. The molecule has 0 radical (unpaired) electrons. The van der Waals surface area contributed by atoms with E-state index in [1.165, 1.54) is 41.1 Å². The van der Waals surface area contributed by atoms with Crippen LogP contribution >= 0.6 is 11.8 Å². The molecule has 1 aliphatic heterocycles. The Kier molecular flexibility index (Phi) is 5.77. The maximum absolute atomic E-state index is 13.2. The highest BCUT2D eigenvalue weighted by atomic mass is 32.2. The van der Waals surface area contributed by atoms with Crippen molar-refractivity contribution >= 4 is 35.0 Å². The van der Waals surface area contributed by atoms with Gasteiger partial charge in [-0.3, -0.25) is 9.59 Å². The Morgan fingerprint density at radius 2 is 1.84 bits per heavy atom. The molecule has 2 amide bonds. The highest BCUT2D eigenvalue weighted by molar-refractivity contribution is 7.99. The van der Waals surface area contributed by atoms with Crippen LogP contribution in [0.3, 0.4) is 0 Å². The number of fused-ring (bicyclic) bond motifs is 1. The maximum atomic E-state index is 13.2. The smallest absolute Gasteiger partial charge is 0.418 e. The number of nitrogens with one attached hydrogen (secondary N) is 1. The summed E-state index contributed by atoms with van der Waals surface area (Å²) in [5, 5.41) is 2.02. The number of amides is 2. The minimum absolute atomic E-state index is 0.0826. The van der Waals surface area contributed by atoms with E-state index in [1.54, 1.807) is 24.3 Å². The zero-order chi connectivity index (χ0) is 22.0. The summed E-state index contributed by atoms with van der Waals surface area (Å²) in [5.41, 5.74) is -0.761. The third kappa shape index (κ3) is 4.61. The first-order valence-corrected chi connectivity index (χ1v) is 10.3. The van der Waals surface area contributed by atoms with Crippen LogP contribution in [-0.4, -0.2) is 18.4 Å². The predicted octanol–water partition coefficient (Wildman–Crippen LogP) is 5.51. The number of benzene rings is 2. The fourth-order valence-electron chi connectivity index (χ4n) is 3.36. The molecule has 1 aliphatic rings. The highest BCUT2D eigenvalue weighted by Crippen LogP contribution is 2.45. The fraction of sp³-hybridized carbons (Fsp3) is 0.182. The molecule has 9 heteroatoms. The van der Waals surface area contributed by atoms with Crippen LogP contribution in [-0.2, 0) is 15.8 Å². The minimum Gasteiger partial charge on any atom is -0.468 e. The number of carbonyl (C=O) groups excluding carboxylic acids is 2. The van der Waals surface area contributed by atoms with Crippen LogP contribution in [0.2, 0.25) is 0 Å². The SMILES string of the molecule is O=C(CN1C(=O)CC(c2ccco2)Sc2ccccc21)Nc1ccccc1C(F)(F)F. The van der Waals surface area contributed by atoms with Crippen molar-refractivity contribution < 1.29 is 27.2 Å². The molecule has 0 saturated carbocycles. The number of nitrogens with zero attached hydrogens (tertiary/aromatic N) is 1. The van der Waals surface area contributed by atoms with Gasteiger partial charge >= 0.3 is 6.18 Å². The van der Waals surface area contributed by atoms with Crippen molar-refractivity contribution in [3.63, 3.8) is 0 Å². The molecular formula is C22H17F3N2O3S. The summed E-state index contributed by atoms with van der Waals surface area (Å²) in [6.45, 7) is -0.409. The van der Waals surface area contributed by atoms with E-state index in [2.05, 4.69) is 5.32 Å². The van der Waals surface area contributed by atoms with E-state index < -0.39 is 24.2 Å². The van der Waals surface area contributed by atoms with Gasteiger partial charge in [0, 0.05) is 11.3 Å². The monoisotopic (exact) mass is 446 g/mol. The first-order chi connectivity index (χ1) is 14.8. The van der Waals surface area contributed by atoms with Gasteiger partial charge in [-0.15, -0.1) is 11.8 Å². The largest absolute Gasteiger partial charge is 0.468 e. The summed E-state index contributed by atoms with van der Waals surface area (Å²) < 4.78 is 45.1. The van der Waals surface area contributed by atoms with Crippen LogP contribution in [0.15, 0.2) is 76.2 Å². The first kappa shape index (κ1) is 21.0. The molecule has 160 valence electrons. The summed E-state index contributed by atoms with van der Waals surface area (Å²) in [4.78, 5) is 27.7. The molecule has 1 aromatic heterocycles. The molecule has 0 bridgehead atoms. The Morgan fingerprint density at radius 3 is 2.58 bits per heavy atom. The van der Waals surface area contributed by atoms with Gasteiger partial charge in [-0.2, -0.15) is 13.2 Å². The van der Waals surface area contributed by atoms with E-state index in [0.717, 1.165) is 11.0 Å². The molecule has 0 spiro atoms. The lowest BCUT2D eigenvalue weighted by atomic mass is 10.1. The second-order valence-electron chi connectivity index (χ2n) is 6.87. The van der Waals surface area contributed by atoms with Gasteiger partial charge in [0.25, 0.3) is 0 Å². The number of alkyl halides is 3. The van der Waals surface area contributed by atoms with E-state index in [9.17, 15) is 22.8 Å². The number of carbonyl (C=O) groups is 2. The summed E-state index contributed by atoms with van der Waals surface area (Å²) >= 11 is 1.44. The van der Waals surface area contributed by atoms with Gasteiger partial charge in [-0.05, 0) is 36.4 Å². The molecule has 0 aliphatic carbocycles. The summed E-state index contributed by atoms with van der Waals surface area (Å²) in [6, 6.07) is 15.3. The summed E-state index contributed by atoms with van der Waals surface area (Å²) in [5.74, 6) is -0.405. The average Bonchev–Trinajstić information content (AvgIpc) is 3.22. The predicted molar refractivity (Wildman–Crippen MR) is 111 cm³/mol. The van der Waals surface area contributed by atoms with Crippen LogP contribution in [0.1, 0.15) is 23.0 Å². The summed E-state index contributed by atoms with van der Waals surface area (Å²) in [6.07, 6.45) is -3.00. The van der Waals surface area contributed by atoms with Gasteiger partial charge in [-0.25, -0.2) is 0 Å². The number of thioether (sulfide) groups is 1. The minimum atomic E-state index is -4.61. The number of rotatable bonds is 4. The molecule has 5 nitrogen and oxygen atoms in total. The molecule has 0 saturated heterocycles. The third-order valence-electron chi connectivity index (χ3n) is 4.76. The van der Waals surface area contributed by atoms with Crippen molar-refractivity contribution in [1.29, 1.82) is 0 Å². The number of furan rings is 1.